The van der Waals surface area contributed by atoms with Crippen LogP contribution in [0.5, 0.6) is 0 Å². The number of hydrogen-bond acceptors (Lipinski definition) is 9. The summed E-state index contributed by atoms with van der Waals surface area (Å²) in [6.45, 7) is 1.89. The van der Waals surface area contributed by atoms with E-state index in [1.54, 1.807) is 35.6 Å². The molecule has 0 atom stereocenters. The number of carbonyl (C=O) groups excluding carboxylic acids is 1. The average Bonchev–Trinajstić information content (AvgIpc) is 3.58. The Morgan fingerprint density at radius 3 is 2.72 bits per heavy atom. The van der Waals surface area contributed by atoms with Gasteiger partial charge in [-0.1, -0.05) is 30.0 Å². The Morgan fingerprint density at radius 2 is 1.88 bits per heavy atom. The maximum atomic E-state index is 13.0. The van der Waals surface area contributed by atoms with Crippen LogP contribution >= 0.6 is 34.4 Å². The molecule has 0 saturated carbocycles. The summed E-state index contributed by atoms with van der Waals surface area (Å²) in [6, 6.07) is 17.7. The fourth-order valence-corrected chi connectivity index (χ4v) is 8.75. The second-order valence-corrected chi connectivity index (χ2v) is 13.7. The molecule has 0 bridgehead atoms. The summed E-state index contributed by atoms with van der Waals surface area (Å²) in [5.41, 5.74) is 4.13. The summed E-state index contributed by atoms with van der Waals surface area (Å²) < 4.78 is 1.48. The molecule has 214 valence electrons. The Kier molecular flexibility index (Phi) is 7.04. The Hall–Kier alpha value is -4.39. The van der Waals surface area contributed by atoms with Gasteiger partial charge in [0, 0.05) is 27.8 Å². The van der Waals surface area contributed by atoms with E-state index in [0.29, 0.717) is 42.1 Å². The number of rotatable bonds is 6. The molecule has 1 aliphatic carbocycles. The third-order valence-corrected chi connectivity index (χ3v) is 10.8. The number of nitro groups is 1. The van der Waals surface area contributed by atoms with E-state index in [0.717, 1.165) is 47.0 Å². The molecule has 6 aromatic rings. The SMILES string of the molecule is Cc1ccccc1C(=O)Nc1ccc2nc(Sc3ccc(-c4nc5sc6c(c5c(=O)[nH]4)CCCC6)cc3[N+](=O)[O-])sc2c1. The number of aromatic nitrogens is 3. The van der Waals surface area contributed by atoms with Gasteiger partial charge < -0.3 is 10.3 Å². The molecule has 0 unspecified atom stereocenters. The normalized spacial score (nSPS) is 12.9. The van der Waals surface area contributed by atoms with E-state index in [2.05, 4.69) is 15.3 Å². The third-order valence-electron chi connectivity index (χ3n) is 7.47. The number of aromatic amines is 1. The van der Waals surface area contributed by atoms with Crippen LogP contribution in [0.15, 0.2) is 74.7 Å². The number of nitro benzene ring substituents is 1. The van der Waals surface area contributed by atoms with Crippen LogP contribution < -0.4 is 10.9 Å². The molecule has 0 fully saturated rings. The molecule has 12 heteroatoms. The van der Waals surface area contributed by atoms with E-state index in [4.69, 9.17) is 4.98 Å². The van der Waals surface area contributed by atoms with E-state index < -0.39 is 4.92 Å². The van der Waals surface area contributed by atoms with Gasteiger partial charge in [0.1, 0.15) is 10.7 Å². The smallest absolute Gasteiger partial charge is 0.284 e. The van der Waals surface area contributed by atoms with E-state index >= 15 is 0 Å². The highest BCUT2D eigenvalue weighted by molar-refractivity contribution is 8.01. The number of nitrogens with one attached hydrogen (secondary N) is 2. The quantitative estimate of drug-likeness (QED) is 0.143. The van der Waals surface area contributed by atoms with Crippen molar-refractivity contribution in [1.82, 2.24) is 15.0 Å². The van der Waals surface area contributed by atoms with Gasteiger partial charge in [0.2, 0.25) is 0 Å². The zero-order chi connectivity index (χ0) is 29.7. The zero-order valence-electron chi connectivity index (χ0n) is 22.8. The Labute approximate surface area is 257 Å². The van der Waals surface area contributed by atoms with Crippen LogP contribution in [0, 0.1) is 17.0 Å². The zero-order valence-corrected chi connectivity index (χ0v) is 25.3. The number of H-pyrrole nitrogens is 1. The lowest BCUT2D eigenvalue weighted by Crippen LogP contribution is -2.13. The van der Waals surface area contributed by atoms with Gasteiger partial charge in [-0.3, -0.25) is 19.7 Å². The minimum atomic E-state index is -0.432. The number of carbonyl (C=O) groups is 1. The molecule has 0 spiro atoms. The van der Waals surface area contributed by atoms with E-state index in [1.807, 2.05) is 37.3 Å². The lowest BCUT2D eigenvalue weighted by Gasteiger charge is -2.09. The van der Waals surface area contributed by atoms with E-state index in [-0.39, 0.29) is 17.2 Å². The van der Waals surface area contributed by atoms with Gasteiger partial charge in [-0.2, -0.15) is 0 Å². The molecule has 3 aromatic carbocycles. The van der Waals surface area contributed by atoms with Crippen LogP contribution in [0.1, 0.15) is 39.2 Å². The van der Waals surface area contributed by atoms with Crippen molar-refractivity contribution in [3.05, 3.63) is 103 Å². The maximum Gasteiger partial charge on any atom is 0.284 e. The van der Waals surface area contributed by atoms with Crippen LogP contribution in [-0.4, -0.2) is 25.8 Å². The monoisotopic (exact) mass is 625 g/mol. The topological polar surface area (TPSA) is 131 Å². The number of hydrogen-bond donors (Lipinski definition) is 2. The van der Waals surface area contributed by atoms with Crippen LogP contribution in [0.3, 0.4) is 0 Å². The third kappa shape index (κ3) is 5.22. The number of aryl methyl sites for hydroxylation is 3. The minimum absolute atomic E-state index is 0.0961. The number of anilines is 1. The van der Waals surface area contributed by atoms with Gasteiger partial charge in [-0.15, -0.1) is 22.7 Å². The fourth-order valence-electron chi connectivity index (χ4n) is 5.34. The fraction of sp³-hybridized carbons (Fsp3) is 0.161. The summed E-state index contributed by atoms with van der Waals surface area (Å²) in [5.74, 6) is 0.122. The van der Waals surface area contributed by atoms with Crippen molar-refractivity contribution in [2.75, 3.05) is 5.32 Å². The first kappa shape index (κ1) is 27.4. The van der Waals surface area contributed by atoms with Crippen molar-refractivity contribution in [2.24, 2.45) is 0 Å². The molecule has 1 amide bonds. The van der Waals surface area contributed by atoms with Gasteiger partial charge >= 0.3 is 0 Å². The summed E-state index contributed by atoms with van der Waals surface area (Å²) in [7, 11) is 0. The molecule has 0 radical (unpaired) electrons. The highest BCUT2D eigenvalue weighted by Gasteiger charge is 2.22. The van der Waals surface area contributed by atoms with Crippen molar-refractivity contribution in [3.8, 4) is 11.4 Å². The van der Waals surface area contributed by atoms with Crippen LogP contribution in [0.25, 0.3) is 31.8 Å². The highest BCUT2D eigenvalue weighted by Crippen LogP contribution is 2.41. The van der Waals surface area contributed by atoms with Gasteiger partial charge in [0.25, 0.3) is 17.2 Å². The molecule has 7 rings (SSSR count). The largest absolute Gasteiger partial charge is 0.322 e. The Bertz CT molecular complexity index is 2150. The summed E-state index contributed by atoms with van der Waals surface area (Å²) in [6.07, 6.45) is 4.01. The first-order chi connectivity index (χ1) is 20.8. The molecule has 3 heterocycles. The van der Waals surface area contributed by atoms with Gasteiger partial charge in [-0.25, -0.2) is 9.97 Å². The number of nitrogens with zero attached hydrogens (tertiary/aromatic N) is 3. The first-order valence-electron chi connectivity index (χ1n) is 13.6. The molecule has 0 saturated heterocycles. The van der Waals surface area contributed by atoms with Gasteiger partial charge in [0.15, 0.2) is 4.34 Å². The maximum absolute atomic E-state index is 13.0. The summed E-state index contributed by atoms with van der Waals surface area (Å²) >= 11 is 4.14. The predicted molar refractivity (Wildman–Crippen MR) is 172 cm³/mol. The molecule has 3 aromatic heterocycles. The number of thiazole rings is 1. The Balaban J connectivity index is 1.16. The summed E-state index contributed by atoms with van der Waals surface area (Å²) in [4.78, 5) is 52.0. The van der Waals surface area contributed by atoms with Gasteiger partial charge in [-0.05, 0) is 80.1 Å². The molecular formula is C31H23N5O4S3. The molecular weight excluding hydrogens is 603 g/mol. The number of thiophene rings is 1. The predicted octanol–water partition coefficient (Wildman–Crippen LogP) is 7.76. The molecule has 9 nitrogen and oxygen atoms in total. The van der Waals surface area contributed by atoms with Crippen molar-refractivity contribution in [1.29, 1.82) is 0 Å². The lowest BCUT2D eigenvalue weighted by atomic mass is 9.97. The number of fused-ring (bicyclic) bond motifs is 4. The summed E-state index contributed by atoms with van der Waals surface area (Å²) in [5, 5.41) is 15.7. The van der Waals surface area contributed by atoms with Crippen molar-refractivity contribution < 1.29 is 9.72 Å². The van der Waals surface area contributed by atoms with Crippen molar-refractivity contribution in [3.63, 3.8) is 0 Å². The minimum Gasteiger partial charge on any atom is -0.322 e. The molecule has 1 aliphatic rings. The number of benzene rings is 3. The molecule has 0 aliphatic heterocycles. The first-order valence-corrected chi connectivity index (χ1v) is 16.1. The molecule has 43 heavy (non-hydrogen) atoms. The van der Waals surface area contributed by atoms with Crippen LogP contribution in [0.2, 0.25) is 0 Å². The Morgan fingerprint density at radius 1 is 1.05 bits per heavy atom. The van der Waals surface area contributed by atoms with Crippen molar-refractivity contribution in [2.45, 2.75) is 41.8 Å². The van der Waals surface area contributed by atoms with Gasteiger partial charge in [0.05, 0.1) is 25.4 Å². The van der Waals surface area contributed by atoms with Crippen LogP contribution in [-0.2, 0) is 12.8 Å². The average molecular weight is 626 g/mol. The standard InChI is InChI=1S/C31H23N5O4S3/c1-16-6-2-3-7-19(16)28(37)32-18-11-12-21-25(15-18)43-31(33-21)42-24-13-10-17(14-22(24)36(39)40)27-34-29(38)26-20-8-4-5-9-23(20)41-30(26)35-27/h2-3,6-7,10-15H,4-5,8-9H2,1H3,(H,32,37)(H,34,35,38). The van der Waals surface area contributed by atoms with Crippen molar-refractivity contribution >= 4 is 72.2 Å². The second-order valence-electron chi connectivity index (χ2n) is 10.3. The molecule has 2 N–H and O–H groups in total. The second kappa shape index (κ2) is 11.0. The van der Waals surface area contributed by atoms with Crippen LogP contribution in [0.4, 0.5) is 11.4 Å². The van der Waals surface area contributed by atoms with E-state index in [1.165, 1.54) is 34.0 Å². The van der Waals surface area contributed by atoms with E-state index in [9.17, 15) is 19.7 Å². The number of amides is 1. The highest BCUT2D eigenvalue weighted by atomic mass is 32.2. The lowest BCUT2D eigenvalue weighted by molar-refractivity contribution is -0.387.